The Morgan fingerprint density at radius 3 is 2.04 bits per heavy atom. The van der Waals surface area contributed by atoms with E-state index in [-0.39, 0.29) is 4.90 Å². The Bertz CT molecular complexity index is 849. The largest absolute Gasteiger partial charge is 0.496 e. The molecule has 6 nitrogen and oxygen atoms in total. The van der Waals surface area contributed by atoms with Crippen LogP contribution < -0.4 is 18.9 Å². The lowest BCUT2D eigenvalue weighted by atomic mass is 10.1. The normalized spacial score (nSPS) is 12.5. The quantitative estimate of drug-likeness (QED) is 0.816. The first kappa shape index (κ1) is 19.1. The summed E-state index contributed by atoms with van der Waals surface area (Å²) in [6.07, 6.45) is 0. The van der Waals surface area contributed by atoms with Crippen LogP contribution in [0.4, 0.5) is 0 Å². The molecule has 0 heterocycles. The molecule has 0 spiro atoms. The smallest absolute Gasteiger partial charge is 0.241 e. The monoisotopic (exact) mass is 365 g/mol. The van der Waals surface area contributed by atoms with Crippen molar-refractivity contribution in [2.75, 3.05) is 21.3 Å². The first-order valence-electron chi connectivity index (χ1n) is 7.71. The summed E-state index contributed by atoms with van der Waals surface area (Å²) in [4.78, 5) is 0.193. The van der Waals surface area contributed by atoms with E-state index in [1.165, 1.54) is 13.2 Å². The molecule has 25 heavy (non-hydrogen) atoms. The molecule has 0 radical (unpaired) electrons. The molecular weight excluding hydrogens is 342 g/mol. The van der Waals surface area contributed by atoms with Crippen LogP contribution >= 0.6 is 0 Å². The highest BCUT2D eigenvalue weighted by atomic mass is 32.2. The van der Waals surface area contributed by atoms with Crippen LogP contribution in [0.3, 0.4) is 0 Å². The van der Waals surface area contributed by atoms with E-state index < -0.39 is 16.1 Å². The molecule has 1 atom stereocenters. The van der Waals surface area contributed by atoms with E-state index in [2.05, 4.69) is 4.72 Å². The van der Waals surface area contributed by atoms with Gasteiger partial charge in [-0.3, -0.25) is 0 Å². The van der Waals surface area contributed by atoms with Gasteiger partial charge in [-0.2, -0.15) is 0 Å². The Kier molecular flexibility index (Phi) is 5.92. The van der Waals surface area contributed by atoms with Crippen LogP contribution in [-0.4, -0.2) is 29.7 Å². The van der Waals surface area contributed by atoms with Gasteiger partial charge in [-0.25, -0.2) is 13.1 Å². The number of ether oxygens (including phenoxy) is 3. The molecule has 2 aromatic carbocycles. The topological polar surface area (TPSA) is 73.9 Å². The molecule has 0 aromatic heterocycles. The Labute approximate surface area is 148 Å². The molecule has 7 heteroatoms. The summed E-state index contributed by atoms with van der Waals surface area (Å²) in [5.74, 6) is 1.78. The maximum Gasteiger partial charge on any atom is 0.241 e. The number of hydrogen-bond acceptors (Lipinski definition) is 5. The van der Waals surface area contributed by atoms with Crippen molar-refractivity contribution >= 4 is 10.0 Å². The zero-order valence-electron chi connectivity index (χ0n) is 15.0. The Hall–Kier alpha value is -2.25. The van der Waals surface area contributed by atoms with E-state index in [0.717, 1.165) is 11.1 Å². The van der Waals surface area contributed by atoms with Crippen LogP contribution in [0, 0.1) is 6.92 Å². The molecule has 0 aliphatic carbocycles. The van der Waals surface area contributed by atoms with Gasteiger partial charge in [-0.1, -0.05) is 6.07 Å². The number of rotatable bonds is 7. The van der Waals surface area contributed by atoms with E-state index in [1.54, 1.807) is 58.4 Å². The number of sulfonamides is 1. The molecule has 0 bridgehead atoms. The van der Waals surface area contributed by atoms with E-state index in [1.807, 2.05) is 0 Å². The van der Waals surface area contributed by atoms with Gasteiger partial charge >= 0.3 is 0 Å². The van der Waals surface area contributed by atoms with Gasteiger partial charge in [0.25, 0.3) is 0 Å². The number of benzene rings is 2. The van der Waals surface area contributed by atoms with Gasteiger partial charge in [0.05, 0.1) is 26.2 Å². The Morgan fingerprint density at radius 2 is 1.48 bits per heavy atom. The van der Waals surface area contributed by atoms with Crippen LogP contribution in [0.5, 0.6) is 17.2 Å². The zero-order chi connectivity index (χ0) is 18.6. The first-order chi connectivity index (χ1) is 11.8. The van der Waals surface area contributed by atoms with E-state index in [4.69, 9.17) is 14.2 Å². The van der Waals surface area contributed by atoms with Crippen molar-refractivity contribution in [1.29, 1.82) is 0 Å². The maximum absolute atomic E-state index is 12.6. The second-order valence-corrected chi connectivity index (χ2v) is 7.30. The van der Waals surface area contributed by atoms with Crippen LogP contribution in [0.1, 0.15) is 24.1 Å². The summed E-state index contributed by atoms with van der Waals surface area (Å²) in [5, 5.41) is 0. The highest BCUT2D eigenvalue weighted by Crippen LogP contribution is 2.30. The molecule has 0 amide bonds. The zero-order valence-corrected chi connectivity index (χ0v) is 15.8. The van der Waals surface area contributed by atoms with E-state index >= 15 is 0 Å². The molecule has 2 rings (SSSR count). The van der Waals surface area contributed by atoms with Gasteiger partial charge in [0.15, 0.2) is 11.5 Å². The van der Waals surface area contributed by atoms with Crippen molar-refractivity contribution in [2.45, 2.75) is 24.8 Å². The Balaban J connectivity index is 2.26. The van der Waals surface area contributed by atoms with Gasteiger partial charge in [0, 0.05) is 6.04 Å². The number of methoxy groups -OCH3 is 3. The second-order valence-electron chi connectivity index (χ2n) is 5.59. The van der Waals surface area contributed by atoms with Crippen LogP contribution in [0.25, 0.3) is 0 Å². The third kappa shape index (κ3) is 4.24. The third-order valence-corrected chi connectivity index (χ3v) is 5.45. The van der Waals surface area contributed by atoms with Crippen molar-refractivity contribution in [2.24, 2.45) is 0 Å². The number of hydrogen-bond donors (Lipinski definition) is 1. The fourth-order valence-electron chi connectivity index (χ4n) is 2.51. The summed E-state index contributed by atoms with van der Waals surface area (Å²) in [6, 6.07) is 9.62. The van der Waals surface area contributed by atoms with Crippen molar-refractivity contribution in [3.05, 3.63) is 47.5 Å². The lowest BCUT2D eigenvalue weighted by molar-refractivity contribution is 0.354. The van der Waals surface area contributed by atoms with Gasteiger partial charge in [0.2, 0.25) is 10.0 Å². The molecule has 0 fully saturated rings. The first-order valence-corrected chi connectivity index (χ1v) is 9.19. The fourth-order valence-corrected chi connectivity index (χ4v) is 3.83. The summed E-state index contributed by atoms with van der Waals surface area (Å²) >= 11 is 0. The summed E-state index contributed by atoms with van der Waals surface area (Å²) in [7, 11) is 0.971. The van der Waals surface area contributed by atoms with Gasteiger partial charge in [-0.05, 0) is 55.3 Å². The summed E-state index contributed by atoms with van der Waals surface area (Å²) < 4.78 is 43.6. The minimum absolute atomic E-state index is 0.193. The second kappa shape index (κ2) is 7.76. The number of aryl methyl sites for hydroxylation is 1. The highest BCUT2D eigenvalue weighted by Gasteiger charge is 2.20. The van der Waals surface area contributed by atoms with Gasteiger partial charge in [0.1, 0.15) is 5.75 Å². The predicted octanol–water partition coefficient (Wildman–Crippen LogP) is 3.06. The lowest BCUT2D eigenvalue weighted by Gasteiger charge is -2.17. The molecule has 0 saturated carbocycles. The van der Waals surface area contributed by atoms with Crippen molar-refractivity contribution in [3.8, 4) is 17.2 Å². The summed E-state index contributed by atoms with van der Waals surface area (Å²) in [6.45, 7) is 3.57. The SMILES string of the molecule is COc1ccc(S(=O)(=O)N[C@@H](C)c2ccc(OC)c(OC)c2)cc1C. The average molecular weight is 365 g/mol. The standard InChI is InChI=1S/C18H23NO5S/c1-12-10-15(7-9-16(12)22-3)25(20,21)19-13(2)14-6-8-17(23-4)18(11-14)24-5/h6-11,13,19H,1-5H3/t13-/m0/s1. The van der Waals surface area contributed by atoms with Gasteiger partial charge < -0.3 is 14.2 Å². The number of nitrogens with one attached hydrogen (secondary N) is 1. The van der Waals surface area contributed by atoms with Crippen LogP contribution in [0.2, 0.25) is 0 Å². The molecule has 2 aromatic rings. The van der Waals surface area contributed by atoms with Crippen molar-refractivity contribution in [3.63, 3.8) is 0 Å². The van der Waals surface area contributed by atoms with Crippen LogP contribution in [-0.2, 0) is 10.0 Å². The molecule has 0 aliphatic heterocycles. The highest BCUT2D eigenvalue weighted by molar-refractivity contribution is 7.89. The average Bonchev–Trinajstić information content (AvgIpc) is 2.60. The molecule has 0 unspecified atom stereocenters. The minimum atomic E-state index is -3.67. The molecular formula is C18H23NO5S. The fraction of sp³-hybridized carbons (Fsp3) is 0.333. The third-order valence-electron chi connectivity index (χ3n) is 3.92. The summed E-state index contributed by atoms with van der Waals surface area (Å²) in [5.41, 5.74) is 1.52. The molecule has 0 aliphatic rings. The van der Waals surface area contributed by atoms with Gasteiger partial charge in [-0.15, -0.1) is 0 Å². The van der Waals surface area contributed by atoms with Crippen molar-refractivity contribution in [1.82, 2.24) is 4.72 Å². The van der Waals surface area contributed by atoms with E-state index in [0.29, 0.717) is 17.2 Å². The Morgan fingerprint density at radius 1 is 0.880 bits per heavy atom. The molecule has 0 saturated heterocycles. The predicted molar refractivity (Wildman–Crippen MR) is 96.0 cm³/mol. The minimum Gasteiger partial charge on any atom is -0.496 e. The van der Waals surface area contributed by atoms with Crippen LogP contribution in [0.15, 0.2) is 41.3 Å². The molecule has 136 valence electrons. The van der Waals surface area contributed by atoms with Crippen molar-refractivity contribution < 1.29 is 22.6 Å². The maximum atomic E-state index is 12.6. The molecule has 1 N–H and O–H groups in total. The lowest BCUT2D eigenvalue weighted by Crippen LogP contribution is -2.27. The van der Waals surface area contributed by atoms with E-state index in [9.17, 15) is 8.42 Å².